The van der Waals surface area contributed by atoms with Crippen LogP contribution in [0.5, 0.6) is 0 Å². The van der Waals surface area contributed by atoms with Gasteiger partial charge in [0.05, 0.1) is 0 Å². The van der Waals surface area contributed by atoms with E-state index in [2.05, 4.69) is 0 Å². The van der Waals surface area contributed by atoms with Crippen LogP contribution in [-0.2, 0) is 6.42 Å². The fourth-order valence-corrected chi connectivity index (χ4v) is 1.32. The van der Waals surface area contributed by atoms with Crippen molar-refractivity contribution >= 4 is 0 Å². The molecule has 0 aliphatic carbocycles. The van der Waals surface area contributed by atoms with E-state index in [-0.39, 0.29) is 6.42 Å². The van der Waals surface area contributed by atoms with Crippen molar-refractivity contribution in [1.82, 2.24) is 0 Å². The second-order valence-corrected chi connectivity index (χ2v) is 3.60. The number of nitrogens with zero attached hydrogens (tertiary/aromatic N) is 1. The Morgan fingerprint density at radius 3 is 2.12 bits per heavy atom. The molecule has 1 aromatic carbocycles. The van der Waals surface area contributed by atoms with Crippen LogP contribution in [0.3, 0.4) is 0 Å². The first-order valence-electron chi connectivity index (χ1n) is 4.65. The summed E-state index contributed by atoms with van der Waals surface area (Å²) in [6.45, 7) is -1.54. The lowest BCUT2D eigenvalue weighted by atomic mass is 9.93. The van der Waals surface area contributed by atoms with E-state index in [1.54, 1.807) is 0 Å². The second-order valence-electron chi connectivity index (χ2n) is 3.60. The highest BCUT2D eigenvalue weighted by molar-refractivity contribution is 5.18. The monoisotopic (exact) mass is 229 g/mol. The largest absolute Gasteiger partial charge is 0.389 e. The number of hydrogen-bond donors (Lipinski definition) is 2. The van der Waals surface area contributed by atoms with Crippen molar-refractivity contribution in [1.29, 1.82) is 0 Å². The lowest BCUT2D eigenvalue weighted by Gasteiger charge is -2.20. The van der Waals surface area contributed by atoms with Gasteiger partial charge in [-0.05, 0) is 17.7 Å². The summed E-state index contributed by atoms with van der Waals surface area (Å²) in [6, 6.07) is 5.13. The minimum atomic E-state index is -1.81. The Kier molecular flexibility index (Phi) is 3.92. The molecule has 0 aliphatic rings. The molecule has 0 fully saturated rings. The third-order valence-corrected chi connectivity index (χ3v) is 2.42. The van der Waals surface area contributed by atoms with Gasteiger partial charge < -0.3 is 10.2 Å². The van der Waals surface area contributed by atoms with Crippen molar-refractivity contribution in [3.63, 3.8) is 0 Å². The first kappa shape index (κ1) is 12.5. The Morgan fingerprint density at radius 2 is 1.75 bits per heavy atom. The van der Waals surface area contributed by atoms with Gasteiger partial charge in [0.25, 0.3) is 5.54 Å². The van der Waals surface area contributed by atoms with Gasteiger partial charge in [-0.2, -0.15) is 0 Å². The summed E-state index contributed by atoms with van der Waals surface area (Å²) in [5.41, 5.74) is -1.32. The Balaban J connectivity index is 2.91. The third kappa shape index (κ3) is 2.53. The lowest BCUT2D eigenvalue weighted by Crippen LogP contribution is -2.47. The van der Waals surface area contributed by atoms with Crippen LogP contribution in [0.4, 0.5) is 4.39 Å². The molecule has 0 saturated carbocycles. The van der Waals surface area contributed by atoms with Gasteiger partial charge in [0.15, 0.2) is 0 Å². The fraction of sp³-hybridized carbons (Fsp3) is 0.400. The van der Waals surface area contributed by atoms with E-state index in [9.17, 15) is 14.5 Å². The van der Waals surface area contributed by atoms with Gasteiger partial charge in [-0.25, -0.2) is 4.39 Å². The van der Waals surface area contributed by atoms with Crippen molar-refractivity contribution in [3.8, 4) is 0 Å². The predicted molar refractivity (Wildman–Crippen MR) is 54.0 cm³/mol. The molecule has 0 heterocycles. The van der Waals surface area contributed by atoms with Gasteiger partial charge in [-0.1, -0.05) is 12.1 Å². The van der Waals surface area contributed by atoms with E-state index < -0.39 is 29.5 Å². The van der Waals surface area contributed by atoms with Crippen molar-refractivity contribution in [2.24, 2.45) is 0 Å². The molecule has 0 unspecified atom stereocenters. The minimum absolute atomic E-state index is 0.146. The minimum Gasteiger partial charge on any atom is -0.389 e. The average molecular weight is 229 g/mol. The summed E-state index contributed by atoms with van der Waals surface area (Å²) in [5.74, 6) is -0.441. The highest BCUT2D eigenvalue weighted by Crippen LogP contribution is 2.17. The molecular weight excluding hydrogens is 217 g/mol. The van der Waals surface area contributed by atoms with E-state index in [0.717, 1.165) is 0 Å². The summed E-state index contributed by atoms with van der Waals surface area (Å²) in [4.78, 5) is 10.1. The molecule has 16 heavy (non-hydrogen) atoms. The summed E-state index contributed by atoms with van der Waals surface area (Å²) >= 11 is 0. The molecule has 0 atom stereocenters. The van der Waals surface area contributed by atoms with E-state index in [1.807, 2.05) is 0 Å². The molecule has 0 aromatic heterocycles. The number of hydrogen-bond acceptors (Lipinski definition) is 4. The molecule has 2 N–H and O–H groups in total. The van der Waals surface area contributed by atoms with Gasteiger partial charge in [0.1, 0.15) is 19.0 Å². The zero-order valence-electron chi connectivity index (χ0n) is 8.47. The molecule has 0 bridgehead atoms. The number of halogens is 1. The number of aliphatic hydroxyl groups is 2. The highest BCUT2D eigenvalue weighted by Gasteiger charge is 2.41. The number of nitro groups is 1. The van der Waals surface area contributed by atoms with Gasteiger partial charge in [0, 0.05) is 11.3 Å². The molecule has 6 heteroatoms. The van der Waals surface area contributed by atoms with Crippen LogP contribution < -0.4 is 0 Å². The van der Waals surface area contributed by atoms with E-state index in [4.69, 9.17) is 10.2 Å². The normalized spacial score (nSPS) is 11.4. The van der Waals surface area contributed by atoms with Crippen LogP contribution in [0.2, 0.25) is 0 Å². The predicted octanol–water partition coefficient (Wildman–Crippen LogP) is 0.368. The molecule has 5 nitrogen and oxygen atoms in total. The lowest BCUT2D eigenvalue weighted by molar-refractivity contribution is -0.577. The Bertz CT molecular complexity index is 362. The van der Waals surface area contributed by atoms with Gasteiger partial charge in [-0.3, -0.25) is 10.1 Å². The van der Waals surface area contributed by atoms with Gasteiger partial charge in [0.2, 0.25) is 0 Å². The van der Waals surface area contributed by atoms with Crippen molar-refractivity contribution in [3.05, 3.63) is 45.8 Å². The fourth-order valence-electron chi connectivity index (χ4n) is 1.32. The Hall–Kier alpha value is -1.53. The number of benzene rings is 1. The molecule has 0 saturated heterocycles. The first-order chi connectivity index (χ1) is 7.54. The van der Waals surface area contributed by atoms with Gasteiger partial charge >= 0.3 is 0 Å². The Morgan fingerprint density at radius 1 is 1.25 bits per heavy atom. The summed E-state index contributed by atoms with van der Waals surface area (Å²) in [7, 11) is 0. The first-order valence-corrected chi connectivity index (χ1v) is 4.65. The molecule has 0 radical (unpaired) electrons. The summed E-state index contributed by atoms with van der Waals surface area (Å²) < 4.78 is 12.6. The summed E-state index contributed by atoms with van der Waals surface area (Å²) in [6.07, 6.45) is -0.146. The molecular formula is C10H12FNO4. The van der Waals surface area contributed by atoms with Crippen molar-refractivity contribution < 1.29 is 19.5 Å². The van der Waals surface area contributed by atoms with E-state index >= 15 is 0 Å². The molecule has 1 aromatic rings. The molecule has 88 valence electrons. The molecule has 1 rings (SSSR count). The standard InChI is InChI=1S/C10H12FNO4/c11-9-3-1-8(2-4-9)5-10(6-13,7-14)12(15)16/h1-4,13-14H,5-7H2. The van der Waals surface area contributed by atoms with Gasteiger partial charge in [-0.15, -0.1) is 0 Å². The molecule has 0 spiro atoms. The van der Waals surface area contributed by atoms with E-state index in [0.29, 0.717) is 5.56 Å². The average Bonchev–Trinajstić information content (AvgIpc) is 2.28. The smallest absolute Gasteiger partial charge is 0.271 e. The van der Waals surface area contributed by atoms with Crippen LogP contribution in [0.25, 0.3) is 0 Å². The zero-order valence-corrected chi connectivity index (χ0v) is 8.47. The Labute approximate surface area is 91.3 Å². The zero-order chi connectivity index (χ0) is 12.2. The highest BCUT2D eigenvalue weighted by atomic mass is 19.1. The third-order valence-electron chi connectivity index (χ3n) is 2.42. The number of rotatable bonds is 5. The SMILES string of the molecule is O=[N+]([O-])C(CO)(CO)Cc1ccc(F)cc1. The van der Waals surface area contributed by atoms with Crippen LogP contribution >= 0.6 is 0 Å². The van der Waals surface area contributed by atoms with Crippen LogP contribution in [0, 0.1) is 15.9 Å². The molecule has 0 amide bonds. The quantitative estimate of drug-likeness (QED) is 0.564. The maximum Gasteiger partial charge on any atom is 0.271 e. The maximum absolute atomic E-state index is 12.6. The topological polar surface area (TPSA) is 83.6 Å². The van der Waals surface area contributed by atoms with Crippen molar-refractivity contribution in [2.45, 2.75) is 12.0 Å². The van der Waals surface area contributed by atoms with Crippen LogP contribution in [0.1, 0.15) is 5.56 Å². The summed E-state index contributed by atoms with van der Waals surface area (Å²) in [5, 5.41) is 28.7. The van der Waals surface area contributed by atoms with Crippen LogP contribution in [-0.4, -0.2) is 33.9 Å². The second kappa shape index (κ2) is 5.00. The van der Waals surface area contributed by atoms with E-state index in [1.165, 1.54) is 24.3 Å². The molecule has 0 aliphatic heterocycles. The maximum atomic E-state index is 12.6. The van der Waals surface area contributed by atoms with Crippen molar-refractivity contribution in [2.75, 3.05) is 13.2 Å². The number of aliphatic hydroxyl groups excluding tert-OH is 2. The van der Waals surface area contributed by atoms with Crippen LogP contribution in [0.15, 0.2) is 24.3 Å².